The number of pyridine rings is 1. The molecule has 5 heteroatoms. The zero-order valence-electron chi connectivity index (χ0n) is 15.8. The molecular weight excluding hydrogens is 334 g/mol. The van der Waals surface area contributed by atoms with Crippen LogP contribution in [0.5, 0.6) is 0 Å². The standard InChI is InChI=1S/C22H27N5/c1-18(16-19-4-2-11-23-17-19)25-20-9-14-26(15-10-20)21-5-7-22(8-6-21)27-13-3-12-24-27/h2-8,11-13,17-18,20,25H,9-10,14-16H2,1H3/t18-/m1/s1. The quantitative estimate of drug-likeness (QED) is 0.730. The van der Waals surface area contributed by atoms with Gasteiger partial charge in [-0.15, -0.1) is 0 Å². The molecule has 0 unspecified atom stereocenters. The minimum atomic E-state index is 0.471. The monoisotopic (exact) mass is 361 g/mol. The molecule has 27 heavy (non-hydrogen) atoms. The Hall–Kier alpha value is -2.66. The third-order valence-corrected chi connectivity index (χ3v) is 5.26. The molecule has 0 spiro atoms. The molecule has 5 nitrogen and oxygen atoms in total. The summed E-state index contributed by atoms with van der Waals surface area (Å²) in [5.41, 5.74) is 3.70. The van der Waals surface area contributed by atoms with Crippen LogP contribution in [0, 0.1) is 0 Å². The summed E-state index contributed by atoms with van der Waals surface area (Å²) >= 11 is 0. The van der Waals surface area contributed by atoms with Gasteiger partial charge in [0.2, 0.25) is 0 Å². The number of anilines is 1. The van der Waals surface area contributed by atoms with Gasteiger partial charge in [0.1, 0.15) is 0 Å². The Morgan fingerprint density at radius 1 is 1.04 bits per heavy atom. The van der Waals surface area contributed by atoms with E-state index in [2.05, 4.69) is 57.6 Å². The van der Waals surface area contributed by atoms with Crippen LogP contribution in [0.2, 0.25) is 0 Å². The van der Waals surface area contributed by atoms with Crippen molar-refractivity contribution >= 4 is 5.69 Å². The maximum atomic E-state index is 4.29. The van der Waals surface area contributed by atoms with Crippen LogP contribution >= 0.6 is 0 Å². The van der Waals surface area contributed by atoms with Crippen LogP contribution in [0.4, 0.5) is 5.69 Å². The molecule has 0 bridgehead atoms. The predicted octanol–water partition coefficient (Wildman–Crippen LogP) is 3.46. The Labute approximate surface area is 161 Å². The van der Waals surface area contributed by atoms with Gasteiger partial charge >= 0.3 is 0 Å². The van der Waals surface area contributed by atoms with Crippen LogP contribution in [-0.4, -0.2) is 39.9 Å². The molecule has 3 aromatic rings. The van der Waals surface area contributed by atoms with E-state index in [-0.39, 0.29) is 0 Å². The maximum absolute atomic E-state index is 4.29. The Morgan fingerprint density at radius 3 is 2.48 bits per heavy atom. The van der Waals surface area contributed by atoms with Crippen LogP contribution in [0.15, 0.2) is 67.3 Å². The van der Waals surface area contributed by atoms with E-state index in [0.717, 1.165) is 25.2 Å². The summed E-state index contributed by atoms with van der Waals surface area (Å²) in [4.78, 5) is 6.69. The molecular formula is C22H27N5. The minimum absolute atomic E-state index is 0.471. The highest BCUT2D eigenvalue weighted by atomic mass is 15.3. The molecule has 0 aliphatic carbocycles. The molecule has 4 rings (SSSR count). The number of rotatable bonds is 6. The Kier molecular flexibility index (Phi) is 5.49. The normalized spacial score (nSPS) is 16.4. The fourth-order valence-corrected chi connectivity index (χ4v) is 3.88. The first-order chi connectivity index (χ1) is 13.3. The fourth-order valence-electron chi connectivity index (χ4n) is 3.88. The van der Waals surface area contributed by atoms with E-state index in [1.807, 2.05) is 35.4 Å². The van der Waals surface area contributed by atoms with Gasteiger partial charge in [-0.3, -0.25) is 4.98 Å². The lowest BCUT2D eigenvalue weighted by atomic mass is 10.0. The first kappa shape index (κ1) is 17.7. The van der Waals surface area contributed by atoms with Crippen LogP contribution < -0.4 is 10.2 Å². The zero-order chi connectivity index (χ0) is 18.5. The number of benzene rings is 1. The second kappa shape index (κ2) is 8.35. The Bertz CT molecular complexity index is 806. The van der Waals surface area contributed by atoms with Crippen molar-refractivity contribution in [3.05, 3.63) is 72.8 Å². The molecule has 1 saturated heterocycles. The highest BCUT2D eigenvalue weighted by Gasteiger charge is 2.20. The largest absolute Gasteiger partial charge is 0.371 e. The lowest BCUT2D eigenvalue weighted by Crippen LogP contribution is -2.46. The van der Waals surface area contributed by atoms with Gasteiger partial charge < -0.3 is 10.2 Å². The second-order valence-electron chi connectivity index (χ2n) is 7.36. The zero-order valence-corrected chi connectivity index (χ0v) is 15.8. The third-order valence-electron chi connectivity index (χ3n) is 5.26. The Balaban J connectivity index is 1.27. The van der Waals surface area contributed by atoms with Crippen LogP contribution in [0.25, 0.3) is 5.69 Å². The minimum Gasteiger partial charge on any atom is -0.371 e. The molecule has 3 heterocycles. The van der Waals surface area contributed by atoms with Crippen molar-refractivity contribution in [2.45, 2.75) is 38.3 Å². The van der Waals surface area contributed by atoms with Crippen molar-refractivity contribution in [3.63, 3.8) is 0 Å². The number of hydrogen-bond donors (Lipinski definition) is 1. The van der Waals surface area contributed by atoms with Crippen molar-refractivity contribution in [2.75, 3.05) is 18.0 Å². The first-order valence-electron chi connectivity index (χ1n) is 9.78. The lowest BCUT2D eigenvalue weighted by molar-refractivity contribution is 0.375. The number of hydrogen-bond acceptors (Lipinski definition) is 4. The highest BCUT2D eigenvalue weighted by Crippen LogP contribution is 2.22. The molecule has 0 amide bonds. The van der Waals surface area contributed by atoms with Crippen molar-refractivity contribution < 1.29 is 0 Å². The second-order valence-corrected chi connectivity index (χ2v) is 7.36. The van der Waals surface area contributed by atoms with Gasteiger partial charge in [0.05, 0.1) is 5.69 Å². The highest BCUT2D eigenvalue weighted by molar-refractivity contribution is 5.51. The van der Waals surface area contributed by atoms with E-state index in [1.165, 1.54) is 24.1 Å². The number of aromatic nitrogens is 3. The van der Waals surface area contributed by atoms with Gasteiger partial charge in [0.25, 0.3) is 0 Å². The van der Waals surface area contributed by atoms with E-state index in [9.17, 15) is 0 Å². The average molecular weight is 361 g/mol. The van der Waals surface area contributed by atoms with Gasteiger partial charge in [0, 0.05) is 55.6 Å². The molecule has 1 aliphatic heterocycles. The van der Waals surface area contributed by atoms with Crippen molar-refractivity contribution in [2.24, 2.45) is 0 Å². The van der Waals surface area contributed by atoms with E-state index in [4.69, 9.17) is 0 Å². The average Bonchev–Trinajstić information content (AvgIpc) is 3.24. The summed E-state index contributed by atoms with van der Waals surface area (Å²) in [5.74, 6) is 0. The van der Waals surface area contributed by atoms with Gasteiger partial charge in [-0.25, -0.2) is 4.68 Å². The van der Waals surface area contributed by atoms with Crippen LogP contribution in [-0.2, 0) is 6.42 Å². The molecule has 0 saturated carbocycles. The van der Waals surface area contributed by atoms with Gasteiger partial charge in [-0.1, -0.05) is 6.07 Å². The van der Waals surface area contributed by atoms with Crippen LogP contribution in [0.3, 0.4) is 0 Å². The smallest absolute Gasteiger partial charge is 0.0647 e. The molecule has 1 fully saturated rings. The summed E-state index contributed by atoms with van der Waals surface area (Å²) < 4.78 is 1.89. The molecule has 0 radical (unpaired) electrons. The van der Waals surface area contributed by atoms with E-state index >= 15 is 0 Å². The number of piperidine rings is 1. The number of nitrogens with one attached hydrogen (secondary N) is 1. The molecule has 1 aliphatic rings. The lowest BCUT2D eigenvalue weighted by Gasteiger charge is -2.35. The van der Waals surface area contributed by atoms with Gasteiger partial charge in [-0.2, -0.15) is 5.10 Å². The fraction of sp³-hybridized carbons (Fsp3) is 0.364. The van der Waals surface area contributed by atoms with Crippen molar-refractivity contribution in [1.29, 1.82) is 0 Å². The number of nitrogens with zero attached hydrogens (tertiary/aromatic N) is 4. The Morgan fingerprint density at radius 2 is 1.81 bits per heavy atom. The summed E-state index contributed by atoms with van der Waals surface area (Å²) in [6.45, 7) is 4.46. The van der Waals surface area contributed by atoms with Gasteiger partial charge in [0.15, 0.2) is 0 Å². The van der Waals surface area contributed by atoms with Crippen molar-refractivity contribution in [3.8, 4) is 5.69 Å². The van der Waals surface area contributed by atoms with E-state index in [0.29, 0.717) is 12.1 Å². The summed E-state index contributed by atoms with van der Waals surface area (Å²) in [5, 5.41) is 8.09. The molecule has 140 valence electrons. The first-order valence-corrected chi connectivity index (χ1v) is 9.78. The SMILES string of the molecule is C[C@H](Cc1cccnc1)NC1CCN(c2ccc(-n3cccn3)cc2)CC1. The van der Waals surface area contributed by atoms with E-state index in [1.54, 1.807) is 6.20 Å². The maximum Gasteiger partial charge on any atom is 0.0647 e. The molecule has 1 atom stereocenters. The molecule has 1 aromatic carbocycles. The third kappa shape index (κ3) is 4.55. The summed E-state index contributed by atoms with van der Waals surface area (Å²) in [6, 6.07) is 15.9. The molecule has 2 aromatic heterocycles. The predicted molar refractivity (Wildman–Crippen MR) is 109 cm³/mol. The topological polar surface area (TPSA) is 46.0 Å². The van der Waals surface area contributed by atoms with Gasteiger partial charge in [-0.05, 0) is 68.1 Å². The van der Waals surface area contributed by atoms with Crippen molar-refractivity contribution in [1.82, 2.24) is 20.1 Å². The summed E-state index contributed by atoms with van der Waals surface area (Å²) in [6.07, 6.45) is 11.0. The van der Waals surface area contributed by atoms with E-state index < -0.39 is 0 Å². The summed E-state index contributed by atoms with van der Waals surface area (Å²) in [7, 11) is 0. The molecule has 1 N–H and O–H groups in total. The van der Waals surface area contributed by atoms with Crippen LogP contribution in [0.1, 0.15) is 25.3 Å².